The van der Waals surface area contributed by atoms with E-state index in [0.29, 0.717) is 18.9 Å². The van der Waals surface area contributed by atoms with Crippen LogP contribution in [0.1, 0.15) is 6.42 Å². The first-order valence-corrected chi connectivity index (χ1v) is 3.37. The van der Waals surface area contributed by atoms with Gasteiger partial charge >= 0.3 is 0 Å². The van der Waals surface area contributed by atoms with Crippen LogP contribution in [0.3, 0.4) is 0 Å². The Balaban J connectivity index is 3.45. The van der Waals surface area contributed by atoms with Crippen LogP contribution in [0.2, 0.25) is 0 Å². The molecule has 64 valence electrons. The fraction of sp³-hybridized carbons (Fsp3) is 0.667. The quantitative estimate of drug-likeness (QED) is 0.351. The summed E-state index contributed by atoms with van der Waals surface area (Å²) in [5.41, 5.74) is 4.92. The summed E-state index contributed by atoms with van der Waals surface area (Å²) < 4.78 is 0. The van der Waals surface area contributed by atoms with Gasteiger partial charge in [-0.25, -0.2) is 0 Å². The van der Waals surface area contributed by atoms with Crippen molar-refractivity contribution in [3.63, 3.8) is 0 Å². The number of rotatable bonds is 3. The molecule has 5 nitrogen and oxygen atoms in total. The molecule has 0 saturated heterocycles. The first kappa shape index (κ1) is 9.74. The van der Waals surface area contributed by atoms with Gasteiger partial charge in [-0.3, -0.25) is 9.79 Å². The van der Waals surface area contributed by atoms with Gasteiger partial charge in [0.05, 0.1) is 0 Å². The lowest BCUT2D eigenvalue weighted by Crippen LogP contribution is -2.36. The maximum atomic E-state index is 10.3. The highest BCUT2D eigenvalue weighted by atomic mass is 16.1. The Hall–Kier alpha value is -1.26. The second-order valence-corrected chi connectivity index (χ2v) is 1.97. The van der Waals surface area contributed by atoms with E-state index in [1.54, 1.807) is 14.1 Å². The Morgan fingerprint density at radius 1 is 1.64 bits per heavy atom. The second-order valence-electron chi connectivity index (χ2n) is 1.97. The number of aliphatic imine (C=N–C) groups is 1. The largest absolute Gasteiger partial charge is 0.370 e. The average Bonchev–Trinajstić information content (AvgIpc) is 1.98. The van der Waals surface area contributed by atoms with Crippen molar-refractivity contribution in [1.29, 1.82) is 0 Å². The zero-order chi connectivity index (χ0) is 8.69. The van der Waals surface area contributed by atoms with Crippen LogP contribution in [0.15, 0.2) is 4.99 Å². The van der Waals surface area contributed by atoms with E-state index < -0.39 is 0 Å². The van der Waals surface area contributed by atoms with E-state index >= 15 is 0 Å². The van der Waals surface area contributed by atoms with Crippen molar-refractivity contribution in [3.05, 3.63) is 0 Å². The van der Waals surface area contributed by atoms with Crippen LogP contribution in [-0.4, -0.2) is 32.5 Å². The Labute approximate surface area is 66.1 Å². The van der Waals surface area contributed by atoms with E-state index in [1.807, 2.05) is 0 Å². The van der Waals surface area contributed by atoms with Gasteiger partial charge in [0, 0.05) is 27.1 Å². The molecule has 0 heterocycles. The summed E-state index contributed by atoms with van der Waals surface area (Å²) >= 11 is 0. The summed E-state index contributed by atoms with van der Waals surface area (Å²) in [6, 6.07) is 0. The number of guanidine groups is 1. The Morgan fingerprint density at radius 3 is 2.64 bits per heavy atom. The third kappa shape index (κ3) is 5.20. The lowest BCUT2D eigenvalue weighted by Gasteiger charge is -2.05. The second kappa shape index (κ2) is 5.52. The molecule has 0 fully saturated rings. The fourth-order valence-corrected chi connectivity index (χ4v) is 0.583. The van der Waals surface area contributed by atoms with Gasteiger partial charge in [-0.1, -0.05) is 0 Å². The molecule has 0 rings (SSSR count). The molecular weight excluding hydrogens is 144 g/mol. The number of carbonyl (C=O) groups is 1. The lowest BCUT2D eigenvalue weighted by atomic mass is 10.4. The zero-order valence-corrected chi connectivity index (χ0v) is 6.85. The number of hydrogen-bond acceptors (Lipinski definition) is 2. The molecule has 4 N–H and O–H groups in total. The predicted octanol–water partition coefficient (Wildman–Crippen LogP) is -1.34. The molecule has 0 aromatic rings. The first-order valence-electron chi connectivity index (χ1n) is 3.37. The van der Waals surface area contributed by atoms with E-state index in [4.69, 9.17) is 5.73 Å². The first-order chi connectivity index (χ1) is 5.20. The summed E-state index contributed by atoms with van der Waals surface area (Å²) in [4.78, 5) is 14.1. The number of hydrogen-bond donors (Lipinski definition) is 3. The molecule has 1 amide bonds. The molecule has 0 saturated carbocycles. The van der Waals surface area contributed by atoms with Crippen LogP contribution in [0.25, 0.3) is 0 Å². The molecule has 5 heteroatoms. The maximum Gasteiger partial charge on any atom is 0.219 e. The molecule has 0 aromatic carbocycles. The predicted molar refractivity (Wildman–Crippen MR) is 44.2 cm³/mol. The molecule has 0 radical (unpaired) electrons. The fourth-order valence-electron chi connectivity index (χ4n) is 0.583. The molecular formula is C6H14N4O. The van der Waals surface area contributed by atoms with E-state index in [2.05, 4.69) is 15.6 Å². The van der Waals surface area contributed by atoms with Gasteiger partial charge in [-0.2, -0.15) is 0 Å². The van der Waals surface area contributed by atoms with E-state index in [1.165, 1.54) is 0 Å². The Morgan fingerprint density at radius 2 is 2.27 bits per heavy atom. The minimum Gasteiger partial charge on any atom is -0.370 e. The van der Waals surface area contributed by atoms with Crippen molar-refractivity contribution >= 4 is 11.9 Å². The van der Waals surface area contributed by atoms with Crippen LogP contribution < -0.4 is 16.4 Å². The van der Waals surface area contributed by atoms with Crippen LogP contribution in [0, 0.1) is 0 Å². The number of primary amides is 1. The van der Waals surface area contributed by atoms with E-state index in [-0.39, 0.29) is 5.91 Å². The van der Waals surface area contributed by atoms with Gasteiger partial charge < -0.3 is 16.4 Å². The van der Waals surface area contributed by atoms with Crippen molar-refractivity contribution in [2.24, 2.45) is 10.7 Å². The molecule has 0 unspecified atom stereocenters. The summed E-state index contributed by atoms with van der Waals surface area (Å²) in [7, 11) is 3.41. The highest BCUT2D eigenvalue weighted by molar-refractivity contribution is 5.80. The van der Waals surface area contributed by atoms with Gasteiger partial charge in [0.15, 0.2) is 5.96 Å². The summed E-state index contributed by atoms with van der Waals surface area (Å²) in [5.74, 6) is 0.343. The summed E-state index contributed by atoms with van der Waals surface area (Å²) in [5, 5.41) is 5.70. The Kier molecular flexibility index (Phi) is 4.89. The number of nitrogens with one attached hydrogen (secondary N) is 2. The van der Waals surface area contributed by atoms with Gasteiger partial charge in [-0.05, 0) is 0 Å². The topological polar surface area (TPSA) is 79.5 Å². The number of amides is 1. The van der Waals surface area contributed by atoms with E-state index in [0.717, 1.165) is 0 Å². The van der Waals surface area contributed by atoms with Crippen LogP contribution in [0.5, 0.6) is 0 Å². The molecule has 0 aromatic heterocycles. The van der Waals surface area contributed by atoms with Crippen molar-refractivity contribution < 1.29 is 4.79 Å². The average molecular weight is 158 g/mol. The van der Waals surface area contributed by atoms with Crippen molar-refractivity contribution in [1.82, 2.24) is 10.6 Å². The van der Waals surface area contributed by atoms with Gasteiger partial charge in [0.1, 0.15) is 0 Å². The van der Waals surface area contributed by atoms with Crippen molar-refractivity contribution in [2.75, 3.05) is 20.6 Å². The van der Waals surface area contributed by atoms with Gasteiger partial charge in [0.2, 0.25) is 5.91 Å². The third-order valence-electron chi connectivity index (χ3n) is 1.12. The normalized spacial score (nSPS) is 10.9. The number of nitrogens with zero attached hydrogens (tertiary/aromatic N) is 1. The van der Waals surface area contributed by atoms with Gasteiger partial charge in [-0.15, -0.1) is 0 Å². The molecule has 0 aliphatic heterocycles. The number of nitrogens with two attached hydrogens (primary N) is 1. The highest BCUT2D eigenvalue weighted by Crippen LogP contribution is 1.72. The number of carbonyl (C=O) groups excluding carboxylic acids is 1. The minimum atomic E-state index is -0.316. The molecule has 0 aliphatic carbocycles. The molecule has 0 atom stereocenters. The molecule has 0 bridgehead atoms. The van der Waals surface area contributed by atoms with Crippen LogP contribution in [0.4, 0.5) is 0 Å². The lowest BCUT2D eigenvalue weighted by molar-refractivity contribution is -0.117. The smallest absolute Gasteiger partial charge is 0.219 e. The monoisotopic (exact) mass is 158 g/mol. The van der Waals surface area contributed by atoms with Crippen LogP contribution >= 0.6 is 0 Å². The van der Waals surface area contributed by atoms with Crippen LogP contribution in [-0.2, 0) is 4.79 Å². The zero-order valence-electron chi connectivity index (χ0n) is 6.85. The maximum absolute atomic E-state index is 10.3. The van der Waals surface area contributed by atoms with Gasteiger partial charge in [0.25, 0.3) is 0 Å². The standard InChI is InChI=1S/C6H14N4O/c1-8-6(9-2)10-4-3-5(7)11/h3-4H2,1-2H3,(H2,7,11)(H2,8,9,10). The van der Waals surface area contributed by atoms with Crippen molar-refractivity contribution in [2.45, 2.75) is 6.42 Å². The summed E-state index contributed by atoms with van der Waals surface area (Å²) in [6.07, 6.45) is 0.320. The SMILES string of the molecule is CN=C(NC)NCCC(N)=O. The third-order valence-corrected chi connectivity index (χ3v) is 1.12. The Bertz CT molecular complexity index is 155. The van der Waals surface area contributed by atoms with E-state index in [9.17, 15) is 4.79 Å². The minimum absolute atomic E-state index is 0.316. The highest BCUT2D eigenvalue weighted by Gasteiger charge is 1.94. The molecule has 0 aliphatic rings. The molecule has 11 heavy (non-hydrogen) atoms. The molecule has 0 spiro atoms. The summed E-state index contributed by atoms with van der Waals surface area (Å²) in [6.45, 7) is 0.517. The van der Waals surface area contributed by atoms with Crippen molar-refractivity contribution in [3.8, 4) is 0 Å².